The number of amides is 3. The van der Waals surface area contributed by atoms with Crippen LogP contribution in [-0.4, -0.2) is 93.4 Å². The summed E-state index contributed by atoms with van der Waals surface area (Å²) in [6.07, 6.45) is 1.29. The number of aliphatic hydroxyl groups is 1. The number of urea groups is 1. The van der Waals surface area contributed by atoms with Gasteiger partial charge in [0.1, 0.15) is 17.3 Å². The molecule has 0 unspecified atom stereocenters. The van der Waals surface area contributed by atoms with Crippen LogP contribution < -0.4 is 20.1 Å². The minimum absolute atomic E-state index is 0.0262. The van der Waals surface area contributed by atoms with Gasteiger partial charge in [-0.2, -0.15) is 4.31 Å². The zero-order valence-corrected chi connectivity index (χ0v) is 29.9. The van der Waals surface area contributed by atoms with Crippen LogP contribution in [0.15, 0.2) is 71.6 Å². The molecule has 4 atom stereocenters. The van der Waals surface area contributed by atoms with E-state index in [4.69, 9.17) is 14.2 Å². The number of hydrogen-bond acceptors (Lipinski definition) is 8. The van der Waals surface area contributed by atoms with Crippen molar-refractivity contribution in [1.29, 1.82) is 0 Å². The number of aliphatic hydroxyl groups excluding tert-OH is 1. The number of nitrogens with zero attached hydrogens (tertiary/aromatic N) is 2. The Balaban J connectivity index is 1.61. The van der Waals surface area contributed by atoms with Gasteiger partial charge in [-0.05, 0) is 99.8 Å². The highest BCUT2D eigenvalue weighted by Gasteiger charge is 2.32. The number of anilines is 2. The summed E-state index contributed by atoms with van der Waals surface area (Å²) in [4.78, 5) is 28.8. The monoisotopic (exact) mass is 714 g/mol. The lowest BCUT2D eigenvalue weighted by atomic mass is 10.0. The molecule has 0 aromatic heterocycles. The first kappa shape index (κ1) is 38.6. The minimum atomic E-state index is -3.87. The van der Waals surface area contributed by atoms with E-state index < -0.39 is 39.9 Å². The van der Waals surface area contributed by atoms with Crippen LogP contribution in [0, 0.1) is 11.7 Å². The Bertz CT molecular complexity index is 1690. The Kier molecular flexibility index (Phi) is 13.6. The van der Waals surface area contributed by atoms with E-state index in [1.165, 1.54) is 65.8 Å². The third kappa shape index (κ3) is 10.2. The molecule has 0 saturated heterocycles. The number of hydrogen-bond donors (Lipinski definition) is 3. The Hall–Kier alpha value is -4.24. The number of nitrogens with one attached hydrogen (secondary N) is 2. The summed E-state index contributed by atoms with van der Waals surface area (Å²) >= 11 is 0. The average molecular weight is 715 g/mol. The molecule has 4 rings (SSSR count). The standard InChI is InChI=1S/C36H47FN4O8S/c1-24-21-41(25(2)23-42)35(43)32-20-29(39-36(44)38-28-11-9-27(37)10-12-28)13-18-33(32)49-26(3)8-6-7-19-48-34(24)22-40(4)50(45,46)31-16-14-30(47-5)15-17-31/h9-18,20,24-26,34,42H,6-8,19,21-23H2,1-5H3,(H2,38,39,44)/t24-,25-,26+,34-/m1/s1. The van der Waals surface area contributed by atoms with Crippen molar-refractivity contribution in [3.8, 4) is 11.5 Å². The lowest BCUT2D eigenvalue weighted by Crippen LogP contribution is -2.48. The van der Waals surface area contributed by atoms with E-state index in [1.54, 1.807) is 31.2 Å². The van der Waals surface area contributed by atoms with Crippen LogP contribution in [0.2, 0.25) is 0 Å². The van der Waals surface area contributed by atoms with Gasteiger partial charge in [-0.25, -0.2) is 17.6 Å². The SMILES string of the molecule is COc1ccc(S(=O)(=O)N(C)C[C@H]2OCCCC[C@H](C)Oc3ccc(NC(=O)Nc4ccc(F)cc4)cc3C(=O)N([C@H](C)CO)C[C@H]2C)cc1. The van der Waals surface area contributed by atoms with Gasteiger partial charge in [0.2, 0.25) is 10.0 Å². The van der Waals surface area contributed by atoms with Crippen LogP contribution in [0.1, 0.15) is 50.4 Å². The van der Waals surface area contributed by atoms with E-state index in [0.29, 0.717) is 42.3 Å². The number of ether oxygens (including phenoxy) is 3. The lowest BCUT2D eigenvalue weighted by molar-refractivity contribution is -0.00834. The molecule has 3 aromatic carbocycles. The minimum Gasteiger partial charge on any atom is -0.497 e. The summed E-state index contributed by atoms with van der Waals surface area (Å²) in [7, 11) is -0.870. The highest BCUT2D eigenvalue weighted by Crippen LogP contribution is 2.29. The predicted octanol–water partition coefficient (Wildman–Crippen LogP) is 5.59. The summed E-state index contributed by atoms with van der Waals surface area (Å²) in [6, 6.07) is 15.0. The molecular formula is C36H47FN4O8S. The maximum Gasteiger partial charge on any atom is 0.323 e. The highest BCUT2D eigenvalue weighted by atomic mass is 32.2. The first-order chi connectivity index (χ1) is 23.8. The maximum atomic E-state index is 14.4. The molecule has 1 heterocycles. The predicted molar refractivity (Wildman–Crippen MR) is 189 cm³/mol. The zero-order valence-electron chi connectivity index (χ0n) is 29.1. The van der Waals surface area contributed by atoms with Gasteiger partial charge in [-0.1, -0.05) is 6.92 Å². The second-order valence-corrected chi connectivity index (χ2v) is 14.6. The molecule has 3 amide bonds. The summed E-state index contributed by atoms with van der Waals surface area (Å²) < 4.78 is 59.3. The summed E-state index contributed by atoms with van der Waals surface area (Å²) in [5.41, 5.74) is 0.870. The Morgan fingerprint density at radius 2 is 1.72 bits per heavy atom. The number of fused-ring (bicyclic) bond motifs is 1. The summed E-state index contributed by atoms with van der Waals surface area (Å²) in [6.45, 7) is 5.70. The molecule has 0 radical (unpaired) electrons. The molecule has 272 valence electrons. The Morgan fingerprint density at radius 3 is 2.38 bits per heavy atom. The molecule has 0 spiro atoms. The highest BCUT2D eigenvalue weighted by molar-refractivity contribution is 7.89. The van der Waals surface area contributed by atoms with Gasteiger partial charge in [0.05, 0.1) is 42.4 Å². The molecule has 12 nitrogen and oxygen atoms in total. The Labute approximate surface area is 293 Å². The quantitative estimate of drug-likeness (QED) is 0.260. The molecule has 0 aliphatic carbocycles. The lowest BCUT2D eigenvalue weighted by Gasteiger charge is -2.35. The van der Waals surface area contributed by atoms with Crippen LogP contribution in [-0.2, 0) is 14.8 Å². The fourth-order valence-corrected chi connectivity index (χ4v) is 6.75. The van der Waals surface area contributed by atoms with Gasteiger partial charge in [-0.3, -0.25) is 4.79 Å². The smallest absolute Gasteiger partial charge is 0.323 e. The number of sulfonamides is 1. The van der Waals surface area contributed by atoms with Crippen molar-refractivity contribution in [2.45, 2.75) is 63.2 Å². The van der Waals surface area contributed by atoms with E-state index in [1.807, 2.05) is 13.8 Å². The topological polar surface area (TPSA) is 147 Å². The van der Waals surface area contributed by atoms with Crippen LogP contribution in [0.5, 0.6) is 11.5 Å². The number of methoxy groups -OCH3 is 1. The molecule has 1 aliphatic rings. The first-order valence-electron chi connectivity index (χ1n) is 16.6. The van der Waals surface area contributed by atoms with Crippen LogP contribution >= 0.6 is 0 Å². The van der Waals surface area contributed by atoms with E-state index in [-0.39, 0.29) is 42.2 Å². The van der Waals surface area contributed by atoms with Crippen molar-refractivity contribution in [2.24, 2.45) is 5.92 Å². The number of likely N-dealkylation sites (N-methyl/N-ethyl adjacent to an activating group) is 1. The number of rotatable bonds is 9. The van der Waals surface area contributed by atoms with Gasteiger partial charge in [0, 0.05) is 44.0 Å². The average Bonchev–Trinajstić information content (AvgIpc) is 3.10. The Morgan fingerprint density at radius 1 is 1.06 bits per heavy atom. The van der Waals surface area contributed by atoms with Crippen molar-refractivity contribution in [2.75, 3.05) is 51.1 Å². The zero-order chi connectivity index (χ0) is 36.4. The summed E-state index contributed by atoms with van der Waals surface area (Å²) in [5.74, 6) is -0.386. The molecule has 1 aliphatic heterocycles. The fraction of sp³-hybridized carbons (Fsp3) is 0.444. The van der Waals surface area contributed by atoms with Gasteiger partial charge in [0.15, 0.2) is 0 Å². The van der Waals surface area contributed by atoms with E-state index >= 15 is 0 Å². The van der Waals surface area contributed by atoms with Crippen LogP contribution in [0.4, 0.5) is 20.6 Å². The van der Waals surface area contributed by atoms with Gasteiger partial charge in [-0.15, -0.1) is 0 Å². The fourth-order valence-electron chi connectivity index (χ4n) is 5.57. The first-order valence-corrected chi connectivity index (χ1v) is 18.0. The van der Waals surface area contributed by atoms with Crippen molar-refractivity contribution in [3.05, 3.63) is 78.1 Å². The van der Waals surface area contributed by atoms with Crippen molar-refractivity contribution >= 4 is 33.3 Å². The maximum absolute atomic E-state index is 14.4. The molecule has 50 heavy (non-hydrogen) atoms. The van der Waals surface area contributed by atoms with Gasteiger partial charge in [0.25, 0.3) is 5.91 Å². The number of carbonyl (C=O) groups excluding carboxylic acids is 2. The molecule has 3 N–H and O–H groups in total. The van der Waals surface area contributed by atoms with Crippen molar-refractivity contribution in [3.63, 3.8) is 0 Å². The molecule has 0 saturated carbocycles. The van der Waals surface area contributed by atoms with Crippen LogP contribution in [0.3, 0.4) is 0 Å². The van der Waals surface area contributed by atoms with Gasteiger partial charge >= 0.3 is 6.03 Å². The molecule has 14 heteroatoms. The second kappa shape index (κ2) is 17.6. The van der Waals surface area contributed by atoms with Crippen molar-refractivity contribution < 1.29 is 41.7 Å². The normalized spacial score (nSPS) is 19.9. The van der Waals surface area contributed by atoms with E-state index in [0.717, 1.165) is 6.42 Å². The van der Waals surface area contributed by atoms with Crippen molar-refractivity contribution in [1.82, 2.24) is 9.21 Å². The van der Waals surface area contributed by atoms with E-state index in [2.05, 4.69) is 10.6 Å². The molecule has 3 aromatic rings. The third-order valence-corrected chi connectivity index (χ3v) is 10.5. The molecule has 0 fully saturated rings. The molecule has 0 bridgehead atoms. The van der Waals surface area contributed by atoms with Gasteiger partial charge < -0.3 is 34.9 Å². The number of halogens is 1. The third-order valence-electron chi connectivity index (χ3n) is 8.62. The number of benzene rings is 3. The van der Waals surface area contributed by atoms with Crippen LogP contribution in [0.25, 0.3) is 0 Å². The largest absolute Gasteiger partial charge is 0.497 e. The second-order valence-electron chi connectivity index (χ2n) is 12.6. The molecular weight excluding hydrogens is 667 g/mol. The summed E-state index contributed by atoms with van der Waals surface area (Å²) in [5, 5.41) is 15.6. The van der Waals surface area contributed by atoms with E-state index in [9.17, 15) is 27.5 Å². The number of carbonyl (C=O) groups is 2.